The van der Waals surface area contributed by atoms with Gasteiger partial charge in [-0.2, -0.15) is 0 Å². The van der Waals surface area contributed by atoms with Gasteiger partial charge in [-0.3, -0.25) is 0 Å². The van der Waals surface area contributed by atoms with Gasteiger partial charge in [0.25, 0.3) is 0 Å². The first-order valence-corrected chi connectivity index (χ1v) is 4.85. The summed E-state index contributed by atoms with van der Waals surface area (Å²) in [5.74, 6) is 1.60. The molecule has 0 aliphatic rings. The van der Waals surface area contributed by atoms with Crippen LogP contribution in [-0.2, 0) is 18.6 Å². The SMILES string of the molecule is CCC[N-]CC(CC)C(C)C.[V]. The second-order valence-corrected chi connectivity index (χ2v) is 3.54. The van der Waals surface area contributed by atoms with E-state index in [-0.39, 0.29) is 18.6 Å². The molecule has 0 aliphatic heterocycles. The molecule has 73 valence electrons. The van der Waals surface area contributed by atoms with Crippen molar-refractivity contribution >= 4 is 0 Å². The van der Waals surface area contributed by atoms with E-state index >= 15 is 0 Å². The normalized spacial score (nSPS) is 12.8. The van der Waals surface area contributed by atoms with E-state index in [4.69, 9.17) is 0 Å². The van der Waals surface area contributed by atoms with Gasteiger partial charge in [0.2, 0.25) is 0 Å². The van der Waals surface area contributed by atoms with Crippen molar-refractivity contribution in [2.75, 3.05) is 13.1 Å². The summed E-state index contributed by atoms with van der Waals surface area (Å²) >= 11 is 0. The summed E-state index contributed by atoms with van der Waals surface area (Å²) in [7, 11) is 0. The minimum atomic E-state index is 0. The van der Waals surface area contributed by atoms with Crippen molar-refractivity contribution in [3.05, 3.63) is 5.32 Å². The molecule has 1 unspecified atom stereocenters. The fourth-order valence-corrected chi connectivity index (χ4v) is 1.23. The van der Waals surface area contributed by atoms with Gasteiger partial charge in [0.1, 0.15) is 0 Å². The van der Waals surface area contributed by atoms with E-state index in [1.165, 1.54) is 12.8 Å². The Bertz CT molecular complexity index is 83.9. The molecule has 0 heterocycles. The van der Waals surface area contributed by atoms with Crippen molar-refractivity contribution in [3.8, 4) is 0 Å². The third-order valence-electron chi connectivity index (χ3n) is 2.21. The molecule has 0 fully saturated rings. The molecule has 12 heavy (non-hydrogen) atoms. The van der Waals surface area contributed by atoms with E-state index in [0.29, 0.717) is 0 Å². The molecule has 1 radical (unpaired) electrons. The van der Waals surface area contributed by atoms with Crippen LogP contribution in [0.25, 0.3) is 5.32 Å². The van der Waals surface area contributed by atoms with Crippen LogP contribution in [0.5, 0.6) is 0 Å². The standard InChI is InChI=1S/C10H22N.V/c1-5-7-11-8-10(6-2)9(3)4;/h9-10H,5-8H2,1-4H3;/q-1;. The Kier molecular flexibility index (Phi) is 12.1. The van der Waals surface area contributed by atoms with Crippen LogP contribution in [0.4, 0.5) is 0 Å². The predicted octanol–water partition coefficient (Wildman–Crippen LogP) is 3.45. The number of nitrogens with zero attached hydrogens (tertiary/aromatic N) is 1. The zero-order chi connectivity index (χ0) is 8.69. The Hall–Kier alpha value is 0.544. The molecule has 0 spiro atoms. The van der Waals surface area contributed by atoms with Crippen LogP contribution in [0, 0.1) is 11.8 Å². The van der Waals surface area contributed by atoms with E-state index < -0.39 is 0 Å². The number of hydrogen-bond donors (Lipinski definition) is 0. The van der Waals surface area contributed by atoms with E-state index in [2.05, 4.69) is 33.0 Å². The molecule has 1 atom stereocenters. The molecule has 0 saturated carbocycles. The minimum absolute atomic E-state index is 0. The first-order valence-electron chi connectivity index (χ1n) is 4.85. The summed E-state index contributed by atoms with van der Waals surface area (Å²) < 4.78 is 0. The Morgan fingerprint density at radius 3 is 2.08 bits per heavy atom. The maximum absolute atomic E-state index is 4.48. The second kappa shape index (κ2) is 9.63. The summed E-state index contributed by atoms with van der Waals surface area (Å²) in [5.41, 5.74) is 0. The van der Waals surface area contributed by atoms with Gasteiger partial charge in [-0.15, -0.1) is 13.1 Å². The van der Waals surface area contributed by atoms with E-state index in [9.17, 15) is 0 Å². The maximum atomic E-state index is 4.48. The molecule has 0 aliphatic carbocycles. The molecular formula is C10H22NV-. The van der Waals surface area contributed by atoms with Crippen LogP contribution in [0.1, 0.15) is 40.5 Å². The Labute approximate surface area is 89.6 Å². The molecule has 0 aromatic heterocycles. The fraction of sp³-hybridized carbons (Fsp3) is 1.00. The molecule has 0 N–H and O–H groups in total. The molecule has 0 aromatic rings. The number of hydrogen-bond acceptors (Lipinski definition) is 0. The number of rotatable bonds is 6. The summed E-state index contributed by atoms with van der Waals surface area (Å²) in [4.78, 5) is 0. The third-order valence-corrected chi connectivity index (χ3v) is 2.21. The van der Waals surface area contributed by atoms with Gasteiger partial charge < -0.3 is 5.32 Å². The zero-order valence-electron chi connectivity index (χ0n) is 8.88. The third kappa shape index (κ3) is 7.21. The van der Waals surface area contributed by atoms with E-state index in [1.54, 1.807) is 0 Å². The molecule has 0 amide bonds. The molecular weight excluding hydrogens is 185 g/mol. The quantitative estimate of drug-likeness (QED) is 0.592. The van der Waals surface area contributed by atoms with Crippen molar-refractivity contribution in [1.29, 1.82) is 0 Å². The first-order chi connectivity index (χ1) is 5.22. The molecule has 0 rings (SSSR count). The Balaban J connectivity index is 0. The van der Waals surface area contributed by atoms with E-state index in [0.717, 1.165) is 24.9 Å². The molecule has 2 heteroatoms. The smallest absolute Gasteiger partial charge is 0 e. The molecule has 0 saturated heterocycles. The monoisotopic (exact) mass is 207 g/mol. The van der Waals surface area contributed by atoms with Crippen molar-refractivity contribution < 1.29 is 18.6 Å². The van der Waals surface area contributed by atoms with Gasteiger partial charge in [0.05, 0.1) is 0 Å². The first kappa shape index (κ1) is 15.0. The van der Waals surface area contributed by atoms with Gasteiger partial charge in [-0.25, -0.2) is 0 Å². The van der Waals surface area contributed by atoms with Crippen LogP contribution in [0.2, 0.25) is 0 Å². The average Bonchev–Trinajstić information content (AvgIpc) is 1.97. The predicted molar refractivity (Wildman–Crippen MR) is 52.0 cm³/mol. The molecule has 1 nitrogen and oxygen atoms in total. The summed E-state index contributed by atoms with van der Waals surface area (Å²) in [5, 5.41) is 4.48. The molecule has 0 bridgehead atoms. The summed E-state index contributed by atoms with van der Waals surface area (Å²) in [6.07, 6.45) is 2.46. The topological polar surface area (TPSA) is 14.1 Å². The van der Waals surface area contributed by atoms with Crippen molar-refractivity contribution in [1.82, 2.24) is 0 Å². The maximum Gasteiger partial charge on any atom is 0 e. The van der Waals surface area contributed by atoms with Gasteiger partial charge in [-0.05, 0) is 5.92 Å². The van der Waals surface area contributed by atoms with Crippen LogP contribution in [-0.4, -0.2) is 13.1 Å². The Morgan fingerprint density at radius 2 is 1.75 bits per heavy atom. The van der Waals surface area contributed by atoms with Crippen molar-refractivity contribution in [2.24, 2.45) is 11.8 Å². The minimum Gasteiger partial charge on any atom is -0.662 e. The van der Waals surface area contributed by atoms with Crippen molar-refractivity contribution in [2.45, 2.75) is 40.5 Å². The van der Waals surface area contributed by atoms with Gasteiger partial charge in [-0.1, -0.05) is 46.5 Å². The van der Waals surface area contributed by atoms with Gasteiger partial charge >= 0.3 is 0 Å². The van der Waals surface area contributed by atoms with E-state index in [1.807, 2.05) is 0 Å². The van der Waals surface area contributed by atoms with Crippen LogP contribution >= 0.6 is 0 Å². The van der Waals surface area contributed by atoms with Crippen LogP contribution < -0.4 is 0 Å². The summed E-state index contributed by atoms with van der Waals surface area (Å²) in [6.45, 7) is 11.1. The van der Waals surface area contributed by atoms with Gasteiger partial charge in [0.15, 0.2) is 0 Å². The fourth-order valence-electron chi connectivity index (χ4n) is 1.23. The van der Waals surface area contributed by atoms with Crippen LogP contribution in [0.15, 0.2) is 0 Å². The molecule has 0 aromatic carbocycles. The van der Waals surface area contributed by atoms with Crippen molar-refractivity contribution in [3.63, 3.8) is 0 Å². The Morgan fingerprint density at radius 1 is 1.17 bits per heavy atom. The second-order valence-electron chi connectivity index (χ2n) is 3.54. The van der Waals surface area contributed by atoms with Gasteiger partial charge in [0, 0.05) is 18.6 Å². The van der Waals surface area contributed by atoms with Crippen LogP contribution in [0.3, 0.4) is 0 Å². The zero-order valence-corrected chi connectivity index (χ0v) is 10.3. The summed E-state index contributed by atoms with van der Waals surface area (Å²) in [6, 6.07) is 0. The largest absolute Gasteiger partial charge is 0.662 e. The average molecular weight is 207 g/mol.